The van der Waals surface area contributed by atoms with Crippen LogP contribution in [0.15, 0.2) is 30.3 Å². The van der Waals surface area contributed by atoms with Crippen molar-refractivity contribution in [3.8, 4) is 11.8 Å². The molecule has 31 heavy (non-hydrogen) atoms. The predicted octanol–water partition coefficient (Wildman–Crippen LogP) is 5.35. The third-order valence-corrected chi connectivity index (χ3v) is 10.2. The van der Waals surface area contributed by atoms with Gasteiger partial charge in [-0.2, -0.15) is 0 Å². The van der Waals surface area contributed by atoms with Gasteiger partial charge in [-0.15, -0.1) is 0 Å². The molecular formula is C28H36O3. The zero-order valence-electron chi connectivity index (χ0n) is 19.0. The molecule has 3 heteroatoms. The molecule has 166 valence electrons. The van der Waals surface area contributed by atoms with Gasteiger partial charge in [0.2, 0.25) is 0 Å². The van der Waals surface area contributed by atoms with E-state index in [4.69, 9.17) is 4.74 Å². The van der Waals surface area contributed by atoms with Gasteiger partial charge in [0.1, 0.15) is 11.7 Å². The second-order valence-electron chi connectivity index (χ2n) is 11.3. The van der Waals surface area contributed by atoms with Crippen LogP contribution in [-0.2, 0) is 9.53 Å². The first-order valence-corrected chi connectivity index (χ1v) is 12.3. The molecule has 1 N–H and O–H groups in total. The summed E-state index contributed by atoms with van der Waals surface area (Å²) in [6, 6.07) is 10.1. The normalized spacial score (nSPS) is 46.0. The van der Waals surface area contributed by atoms with Crippen LogP contribution in [0.25, 0.3) is 0 Å². The molecule has 0 bridgehead atoms. The van der Waals surface area contributed by atoms with Crippen molar-refractivity contribution < 1.29 is 14.6 Å². The zero-order valence-corrected chi connectivity index (χ0v) is 19.0. The summed E-state index contributed by atoms with van der Waals surface area (Å²) in [6.07, 6.45) is 9.95. The molecule has 4 aliphatic rings. The summed E-state index contributed by atoms with van der Waals surface area (Å²) in [4.78, 5) is 10.8. The van der Waals surface area contributed by atoms with E-state index in [1.807, 2.05) is 30.3 Å². The van der Waals surface area contributed by atoms with Gasteiger partial charge in [-0.25, -0.2) is 0 Å². The number of rotatable bonds is 2. The molecule has 0 aromatic heterocycles. The molecule has 8 atom stereocenters. The van der Waals surface area contributed by atoms with E-state index in [0.717, 1.165) is 43.6 Å². The van der Waals surface area contributed by atoms with E-state index in [1.165, 1.54) is 25.7 Å². The van der Waals surface area contributed by atoms with Gasteiger partial charge in [-0.1, -0.05) is 43.9 Å². The van der Waals surface area contributed by atoms with E-state index in [2.05, 4.69) is 25.7 Å². The minimum absolute atomic E-state index is 0.114. The Morgan fingerprint density at radius 2 is 1.77 bits per heavy atom. The second-order valence-corrected chi connectivity index (χ2v) is 11.3. The van der Waals surface area contributed by atoms with Gasteiger partial charge in [-0.05, 0) is 99.0 Å². The van der Waals surface area contributed by atoms with Crippen molar-refractivity contribution in [3.05, 3.63) is 35.9 Å². The molecule has 4 fully saturated rings. The van der Waals surface area contributed by atoms with Crippen LogP contribution in [0.2, 0.25) is 0 Å². The SMILES string of the molecule is C[C@]12CC[C@H](OC=O)C[C@@H]1CC[C@@H]1[C@@H]2CC[C@@]2(C)[C@H]1CC[C@@]2(O)C#Cc1ccccc1. The summed E-state index contributed by atoms with van der Waals surface area (Å²) in [7, 11) is 0. The first kappa shape index (κ1) is 21.1. The number of aliphatic hydroxyl groups is 1. The van der Waals surface area contributed by atoms with Crippen LogP contribution in [0.4, 0.5) is 0 Å². The highest BCUT2D eigenvalue weighted by molar-refractivity contribution is 5.38. The smallest absolute Gasteiger partial charge is 0.293 e. The van der Waals surface area contributed by atoms with Crippen LogP contribution in [0.5, 0.6) is 0 Å². The molecule has 0 spiro atoms. The van der Waals surface area contributed by atoms with Gasteiger partial charge in [0, 0.05) is 11.0 Å². The summed E-state index contributed by atoms with van der Waals surface area (Å²) in [5, 5.41) is 11.8. The van der Waals surface area contributed by atoms with Gasteiger partial charge in [0.05, 0.1) is 0 Å². The average molecular weight is 421 g/mol. The van der Waals surface area contributed by atoms with Crippen molar-refractivity contribution in [2.75, 3.05) is 0 Å². The third kappa shape index (κ3) is 3.25. The summed E-state index contributed by atoms with van der Waals surface area (Å²) < 4.78 is 5.36. The Morgan fingerprint density at radius 3 is 2.55 bits per heavy atom. The van der Waals surface area contributed by atoms with Gasteiger partial charge in [-0.3, -0.25) is 4.79 Å². The molecule has 4 saturated carbocycles. The van der Waals surface area contributed by atoms with Crippen molar-refractivity contribution in [1.29, 1.82) is 0 Å². The fourth-order valence-corrected chi connectivity index (χ4v) is 8.34. The Kier molecular flexibility index (Phi) is 5.21. The van der Waals surface area contributed by atoms with Crippen LogP contribution < -0.4 is 0 Å². The number of carbonyl (C=O) groups is 1. The topological polar surface area (TPSA) is 46.5 Å². The quantitative estimate of drug-likeness (QED) is 0.518. The largest absolute Gasteiger partial charge is 0.465 e. The standard InChI is InChI=1S/C28H36O3/c1-26-14-11-22(31-19-29)18-21(26)8-9-23-24(26)12-15-27(2)25(23)13-17-28(27,30)16-10-20-6-4-3-5-7-20/h3-7,19,21-25,30H,8-9,11-15,17-18H2,1-2H3/t21-,22-,23+,24-,25-,26-,27-,28-/m0/s1. The molecule has 0 unspecified atom stereocenters. The number of ether oxygens (including phenoxy) is 1. The Labute approximate surface area is 187 Å². The molecular weight excluding hydrogens is 384 g/mol. The van der Waals surface area contributed by atoms with Crippen LogP contribution >= 0.6 is 0 Å². The molecule has 0 heterocycles. The van der Waals surface area contributed by atoms with Gasteiger partial charge < -0.3 is 9.84 Å². The van der Waals surface area contributed by atoms with Crippen LogP contribution in [0.3, 0.4) is 0 Å². The van der Waals surface area contributed by atoms with Crippen molar-refractivity contribution in [3.63, 3.8) is 0 Å². The van der Waals surface area contributed by atoms with Crippen molar-refractivity contribution in [2.24, 2.45) is 34.5 Å². The van der Waals surface area contributed by atoms with Crippen LogP contribution in [0, 0.1) is 46.3 Å². The molecule has 1 aromatic carbocycles. The van der Waals surface area contributed by atoms with Gasteiger partial charge >= 0.3 is 0 Å². The van der Waals surface area contributed by atoms with Crippen LogP contribution in [-0.4, -0.2) is 23.3 Å². The minimum Gasteiger partial charge on any atom is -0.465 e. The van der Waals surface area contributed by atoms with E-state index in [9.17, 15) is 9.90 Å². The number of hydrogen-bond acceptors (Lipinski definition) is 3. The van der Waals surface area contributed by atoms with E-state index >= 15 is 0 Å². The van der Waals surface area contributed by atoms with E-state index in [1.54, 1.807) is 0 Å². The Hall–Kier alpha value is -1.79. The number of hydrogen-bond donors (Lipinski definition) is 1. The average Bonchev–Trinajstić information content (AvgIpc) is 3.05. The Morgan fingerprint density at radius 1 is 1.00 bits per heavy atom. The van der Waals surface area contributed by atoms with E-state index in [-0.39, 0.29) is 11.5 Å². The monoisotopic (exact) mass is 420 g/mol. The highest BCUT2D eigenvalue weighted by Crippen LogP contribution is 2.68. The lowest BCUT2D eigenvalue weighted by Crippen LogP contribution is -2.56. The predicted molar refractivity (Wildman–Crippen MR) is 121 cm³/mol. The second kappa shape index (κ2) is 7.66. The highest BCUT2D eigenvalue weighted by Gasteiger charge is 2.64. The lowest BCUT2D eigenvalue weighted by molar-refractivity contribution is -0.156. The Balaban J connectivity index is 1.38. The first-order chi connectivity index (χ1) is 14.9. The fraction of sp³-hybridized carbons (Fsp3) is 0.679. The lowest BCUT2D eigenvalue weighted by Gasteiger charge is -2.61. The molecule has 4 aliphatic carbocycles. The maximum absolute atomic E-state index is 11.8. The van der Waals surface area contributed by atoms with Crippen molar-refractivity contribution >= 4 is 6.47 Å². The third-order valence-electron chi connectivity index (χ3n) is 10.2. The van der Waals surface area contributed by atoms with Gasteiger partial charge in [0.15, 0.2) is 0 Å². The zero-order chi connectivity index (χ0) is 21.7. The maximum atomic E-state index is 11.8. The van der Waals surface area contributed by atoms with Crippen LogP contribution in [0.1, 0.15) is 77.2 Å². The van der Waals surface area contributed by atoms with Crippen molar-refractivity contribution in [1.82, 2.24) is 0 Å². The number of benzene rings is 1. The molecule has 0 radical (unpaired) electrons. The summed E-state index contributed by atoms with van der Waals surface area (Å²) in [5.41, 5.74) is 0.338. The van der Waals surface area contributed by atoms with Crippen molar-refractivity contribution in [2.45, 2.75) is 83.3 Å². The van der Waals surface area contributed by atoms with E-state index in [0.29, 0.717) is 29.6 Å². The van der Waals surface area contributed by atoms with Gasteiger partial charge in [0.25, 0.3) is 6.47 Å². The minimum atomic E-state index is -0.883. The first-order valence-electron chi connectivity index (χ1n) is 12.3. The summed E-state index contributed by atoms with van der Waals surface area (Å²) in [6.45, 7) is 5.48. The Bertz CT molecular complexity index is 885. The number of fused-ring (bicyclic) bond motifs is 5. The lowest BCUT2D eigenvalue weighted by atomic mass is 9.44. The molecule has 5 rings (SSSR count). The number of carbonyl (C=O) groups excluding carboxylic acids is 1. The summed E-state index contributed by atoms with van der Waals surface area (Å²) >= 11 is 0. The fourth-order valence-electron chi connectivity index (χ4n) is 8.34. The molecule has 1 aromatic rings. The van der Waals surface area contributed by atoms with E-state index < -0.39 is 5.60 Å². The molecule has 3 nitrogen and oxygen atoms in total. The maximum Gasteiger partial charge on any atom is 0.293 e. The molecule has 0 amide bonds. The molecule has 0 aliphatic heterocycles. The highest BCUT2D eigenvalue weighted by atomic mass is 16.5. The summed E-state index contributed by atoms with van der Waals surface area (Å²) in [5.74, 6) is 9.27. The molecule has 0 saturated heterocycles.